The number of nitrogens with one attached hydrogen (secondary N) is 3. The molecule has 1 atom stereocenters. The molecular weight excluding hydrogens is 525 g/mol. The van der Waals surface area contributed by atoms with Crippen LogP contribution < -0.4 is 20.8 Å². The molecule has 3 amide bonds. The SMILES string of the molecule is CNC(=O)C(=O)N[C@@H](C)CC1CCC2(CC1)OC(=O)NN=C2c1ccc(OC(F)(F)F)cc1Br. The third kappa shape index (κ3) is 6.19. The minimum absolute atomic E-state index is 0.200. The minimum atomic E-state index is -4.82. The number of alkyl halides is 3. The highest BCUT2D eigenvalue weighted by Crippen LogP contribution is 2.42. The Labute approximate surface area is 201 Å². The van der Waals surface area contributed by atoms with Gasteiger partial charge in [0, 0.05) is 23.1 Å². The van der Waals surface area contributed by atoms with Crippen molar-refractivity contribution in [3.05, 3.63) is 28.2 Å². The number of benzene rings is 1. The van der Waals surface area contributed by atoms with Crippen molar-refractivity contribution < 1.29 is 37.0 Å². The highest BCUT2D eigenvalue weighted by molar-refractivity contribution is 9.10. The van der Waals surface area contributed by atoms with Gasteiger partial charge in [-0.1, -0.05) is 0 Å². The van der Waals surface area contributed by atoms with E-state index in [1.807, 2.05) is 6.92 Å². The monoisotopic (exact) mass is 548 g/mol. The molecule has 2 aliphatic rings. The lowest BCUT2D eigenvalue weighted by Gasteiger charge is -2.42. The standard InChI is InChI=1S/C21H24BrF3N4O5/c1-11(27-18(31)17(30)26-2)9-12-5-7-20(8-6-12)16(28-29-19(32)34-20)14-4-3-13(10-15(14)22)33-21(23,24)25/h3-4,10-12H,5-9H2,1-2H3,(H,26,30)(H,27,31)(H,29,32)/t11-,12?,20?/m0/s1. The highest BCUT2D eigenvalue weighted by Gasteiger charge is 2.47. The van der Waals surface area contributed by atoms with E-state index in [1.54, 1.807) is 0 Å². The Balaban J connectivity index is 1.72. The summed E-state index contributed by atoms with van der Waals surface area (Å²) in [6.07, 6.45) is -2.72. The number of halogens is 4. The quantitative estimate of drug-likeness (QED) is 0.487. The predicted molar refractivity (Wildman–Crippen MR) is 118 cm³/mol. The zero-order chi connectivity index (χ0) is 25.1. The van der Waals surface area contributed by atoms with Crippen LogP contribution in [0.1, 0.15) is 44.6 Å². The van der Waals surface area contributed by atoms with Gasteiger partial charge in [0.05, 0.1) is 0 Å². The summed E-state index contributed by atoms with van der Waals surface area (Å²) in [7, 11) is 1.38. The van der Waals surface area contributed by atoms with Gasteiger partial charge in [0.15, 0.2) is 5.60 Å². The van der Waals surface area contributed by atoms with E-state index in [2.05, 4.69) is 41.8 Å². The number of ether oxygens (including phenoxy) is 2. The minimum Gasteiger partial charge on any atom is -0.435 e. The Kier molecular flexibility index (Phi) is 7.74. The van der Waals surface area contributed by atoms with E-state index in [-0.39, 0.29) is 12.0 Å². The van der Waals surface area contributed by atoms with E-state index in [0.29, 0.717) is 47.9 Å². The van der Waals surface area contributed by atoms with Crippen molar-refractivity contribution in [2.24, 2.45) is 11.0 Å². The molecule has 1 aromatic rings. The van der Waals surface area contributed by atoms with Crippen LogP contribution in [-0.2, 0) is 14.3 Å². The lowest BCUT2D eigenvalue weighted by molar-refractivity contribution is -0.274. The molecular formula is C21H24BrF3N4O5. The molecule has 13 heteroatoms. The van der Waals surface area contributed by atoms with Crippen molar-refractivity contribution in [3.8, 4) is 5.75 Å². The number of carbonyl (C=O) groups excluding carboxylic acids is 3. The summed E-state index contributed by atoms with van der Waals surface area (Å²) >= 11 is 3.27. The van der Waals surface area contributed by atoms with Gasteiger partial charge in [-0.3, -0.25) is 9.59 Å². The number of nitrogens with zero attached hydrogens (tertiary/aromatic N) is 1. The number of rotatable bonds is 5. The van der Waals surface area contributed by atoms with E-state index < -0.39 is 35.6 Å². The van der Waals surface area contributed by atoms with Crippen molar-refractivity contribution in [1.29, 1.82) is 0 Å². The molecule has 1 spiro atoms. The van der Waals surface area contributed by atoms with Gasteiger partial charge in [-0.25, -0.2) is 10.2 Å². The summed E-state index contributed by atoms with van der Waals surface area (Å²) in [6, 6.07) is 3.54. The molecule has 0 radical (unpaired) electrons. The average molecular weight is 549 g/mol. The number of carbonyl (C=O) groups is 3. The fraction of sp³-hybridized carbons (Fsp3) is 0.524. The summed E-state index contributed by atoms with van der Waals surface area (Å²) in [6.45, 7) is 1.81. The van der Waals surface area contributed by atoms with Gasteiger partial charge in [0.2, 0.25) is 0 Å². The number of hydrogen-bond donors (Lipinski definition) is 3. The zero-order valence-corrected chi connectivity index (χ0v) is 20.0. The van der Waals surface area contributed by atoms with Crippen molar-refractivity contribution >= 4 is 39.5 Å². The van der Waals surface area contributed by atoms with Crippen LogP contribution in [0.3, 0.4) is 0 Å². The second kappa shape index (κ2) is 10.2. The lowest BCUT2D eigenvalue weighted by Crippen LogP contribution is -2.52. The zero-order valence-electron chi connectivity index (χ0n) is 18.4. The van der Waals surface area contributed by atoms with Gasteiger partial charge in [-0.05, 0) is 79.1 Å². The molecule has 0 unspecified atom stereocenters. The van der Waals surface area contributed by atoms with Crippen LogP contribution in [-0.4, -0.2) is 48.7 Å². The molecule has 0 bridgehead atoms. The van der Waals surface area contributed by atoms with Crippen LogP contribution >= 0.6 is 15.9 Å². The number of hydrogen-bond acceptors (Lipinski definition) is 6. The van der Waals surface area contributed by atoms with Crippen LogP contribution in [0.5, 0.6) is 5.75 Å². The van der Waals surface area contributed by atoms with E-state index in [9.17, 15) is 27.6 Å². The largest absolute Gasteiger partial charge is 0.573 e. The molecule has 3 N–H and O–H groups in total. The number of amides is 3. The maximum absolute atomic E-state index is 12.5. The second-order valence-electron chi connectivity index (χ2n) is 8.28. The summed E-state index contributed by atoms with van der Waals surface area (Å²) in [5.41, 5.74) is 2.10. The molecule has 1 fully saturated rings. The molecule has 1 aliphatic carbocycles. The van der Waals surface area contributed by atoms with Crippen molar-refractivity contribution in [2.45, 2.75) is 57.0 Å². The van der Waals surface area contributed by atoms with Gasteiger partial charge < -0.3 is 20.1 Å². The van der Waals surface area contributed by atoms with Crippen molar-refractivity contribution in [3.63, 3.8) is 0 Å². The summed E-state index contributed by atoms with van der Waals surface area (Å²) in [5.74, 6) is -1.61. The van der Waals surface area contributed by atoms with E-state index >= 15 is 0 Å². The number of likely N-dealkylation sites (N-methyl/N-ethyl adjacent to an activating group) is 1. The third-order valence-electron chi connectivity index (χ3n) is 5.82. The van der Waals surface area contributed by atoms with Crippen molar-refractivity contribution in [2.75, 3.05) is 7.05 Å². The van der Waals surface area contributed by atoms with Gasteiger partial charge in [0.25, 0.3) is 0 Å². The molecule has 186 valence electrons. The highest BCUT2D eigenvalue weighted by atomic mass is 79.9. The Bertz CT molecular complexity index is 993. The normalized spacial score (nSPS) is 23.3. The fourth-order valence-electron chi connectivity index (χ4n) is 4.32. The number of hydrazone groups is 1. The van der Waals surface area contributed by atoms with Gasteiger partial charge in [-0.15, -0.1) is 13.2 Å². The molecule has 1 saturated carbocycles. The molecule has 1 heterocycles. The third-order valence-corrected chi connectivity index (χ3v) is 6.47. The molecule has 1 aliphatic heterocycles. The second-order valence-corrected chi connectivity index (χ2v) is 9.13. The molecule has 0 aromatic heterocycles. The van der Waals surface area contributed by atoms with E-state index in [0.717, 1.165) is 0 Å². The Hall–Kier alpha value is -2.83. The first kappa shape index (κ1) is 25.8. The van der Waals surface area contributed by atoms with Crippen LogP contribution in [0.15, 0.2) is 27.8 Å². The van der Waals surface area contributed by atoms with E-state index in [4.69, 9.17) is 4.74 Å². The first-order valence-electron chi connectivity index (χ1n) is 10.6. The first-order chi connectivity index (χ1) is 15.9. The van der Waals surface area contributed by atoms with Gasteiger partial charge >= 0.3 is 24.3 Å². The average Bonchev–Trinajstić information content (AvgIpc) is 2.74. The topological polar surface area (TPSA) is 118 Å². The maximum Gasteiger partial charge on any atom is 0.573 e. The molecule has 3 rings (SSSR count). The predicted octanol–water partition coefficient (Wildman–Crippen LogP) is 3.36. The Morgan fingerprint density at radius 1 is 1.32 bits per heavy atom. The fourth-order valence-corrected chi connectivity index (χ4v) is 4.87. The molecule has 9 nitrogen and oxygen atoms in total. The first-order valence-corrected chi connectivity index (χ1v) is 11.4. The Morgan fingerprint density at radius 2 is 2.00 bits per heavy atom. The molecule has 34 heavy (non-hydrogen) atoms. The summed E-state index contributed by atoms with van der Waals surface area (Å²) in [5, 5.41) is 9.10. The van der Waals surface area contributed by atoms with Crippen LogP contribution in [0.4, 0.5) is 18.0 Å². The molecule has 0 saturated heterocycles. The molecule has 1 aromatic carbocycles. The van der Waals surface area contributed by atoms with Gasteiger partial charge in [-0.2, -0.15) is 5.10 Å². The van der Waals surface area contributed by atoms with E-state index in [1.165, 1.54) is 25.2 Å². The van der Waals surface area contributed by atoms with Crippen LogP contribution in [0, 0.1) is 5.92 Å². The smallest absolute Gasteiger partial charge is 0.435 e. The lowest BCUT2D eigenvalue weighted by atomic mass is 9.73. The maximum atomic E-state index is 12.5. The summed E-state index contributed by atoms with van der Waals surface area (Å²) < 4.78 is 47.6. The van der Waals surface area contributed by atoms with Gasteiger partial charge in [0.1, 0.15) is 11.5 Å². The summed E-state index contributed by atoms with van der Waals surface area (Å²) in [4.78, 5) is 35.2. The van der Waals surface area contributed by atoms with Crippen LogP contribution in [0.25, 0.3) is 0 Å². The van der Waals surface area contributed by atoms with Crippen molar-refractivity contribution in [1.82, 2.24) is 16.1 Å². The van der Waals surface area contributed by atoms with Crippen LogP contribution in [0.2, 0.25) is 0 Å². The Morgan fingerprint density at radius 3 is 2.59 bits per heavy atom.